The van der Waals surface area contributed by atoms with E-state index in [1.165, 1.54) is 12.0 Å². The van der Waals surface area contributed by atoms with Gasteiger partial charge in [-0.25, -0.2) is 4.79 Å². The van der Waals surface area contributed by atoms with Gasteiger partial charge in [-0.05, 0) is 30.9 Å². The number of benzene rings is 1. The molecule has 0 unspecified atom stereocenters. The smallest absolute Gasteiger partial charge is 0.450 e. The van der Waals surface area contributed by atoms with Gasteiger partial charge in [-0.15, -0.1) is 0 Å². The zero-order valence-electron chi connectivity index (χ0n) is 16.5. The molecule has 3 rings (SSSR count). The molecule has 9 heteroatoms. The quantitative estimate of drug-likeness (QED) is 0.632. The van der Waals surface area contributed by atoms with E-state index >= 15 is 0 Å². The predicted octanol–water partition coefficient (Wildman–Crippen LogP) is 2.26. The number of hydrogen-bond donors (Lipinski definition) is 3. The molecule has 8 nitrogen and oxygen atoms in total. The third-order valence-corrected chi connectivity index (χ3v) is 6.66. The van der Waals surface area contributed by atoms with Gasteiger partial charge in [0.25, 0.3) is 10.2 Å². The van der Waals surface area contributed by atoms with E-state index in [4.69, 9.17) is 15.0 Å². The Morgan fingerprint density at radius 2 is 1.71 bits per heavy atom. The standard InChI is InChI=1S/C18H29N3O2S.CH2O3/c1-15(2)8-9-20-10-12-21(13-11-20)24(22,23)19-18-14-17(18)16-6-4-3-5-7-16;2-1(3)4/h3-7,15,17-19H,8-14H2,1-2H3;(H2,2,3,4)/t17-,18+;/m1./s1. The Morgan fingerprint density at radius 1 is 1.14 bits per heavy atom. The fraction of sp³-hybridized carbons (Fsp3) is 0.632. The highest BCUT2D eigenvalue weighted by molar-refractivity contribution is 7.87. The molecule has 1 saturated carbocycles. The Kier molecular flexibility index (Phi) is 8.23. The van der Waals surface area contributed by atoms with Crippen LogP contribution in [0.5, 0.6) is 0 Å². The third kappa shape index (κ3) is 7.38. The zero-order chi connectivity index (χ0) is 20.7. The molecule has 0 aromatic heterocycles. The molecular weight excluding hydrogens is 382 g/mol. The van der Waals surface area contributed by atoms with Crippen LogP contribution >= 0.6 is 0 Å². The molecule has 0 bridgehead atoms. The van der Waals surface area contributed by atoms with Gasteiger partial charge >= 0.3 is 6.16 Å². The van der Waals surface area contributed by atoms with Crippen molar-refractivity contribution in [3.63, 3.8) is 0 Å². The van der Waals surface area contributed by atoms with Crippen molar-refractivity contribution in [1.82, 2.24) is 13.9 Å². The minimum Gasteiger partial charge on any atom is -0.450 e. The number of nitrogens with one attached hydrogen (secondary N) is 1. The van der Waals surface area contributed by atoms with Crippen LogP contribution in [0.25, 0.3) is 0 Å². The maximum absolute atomic E-state index is 12.6. The molecule has 1 aromatic rings. The van der Waals surface area contributed by atoms with Gasteiger partial charge in [-0.2, -0.15) is 17.4 Å². The van der Waals surface area contributed by atoms with E-state index in [0.717, 1.165) is 26.1 Å². The van der Waals surface area contributed by atoms with Gasteiger partial charge < -0.3 is 15.1 Å². The Labute approximate surface area is 167 Å². The average Bonchev–Trinajstić information content (AvgIpc) is 3.39. The molecular formula is C19H31N3O5S. The second-order valence-electron chi connectivity index (χ2n) is 7.69. The van der Waals surface area contributed by atoms with Crippen LogP contribution < -0.4 is 4.72 Å². The monoisotopic (exact) mass is 413 g/mol. The van der Waals surface area contributed by atoms with Crippen molar-refractivity contribution >= 4 is 16.4 Å². The van der Waals surface area contributed by atoms with Crippen LogP contribution in [0.2, 0.25) is 0 Å². The highest BCUT2D eigenvalue weighted by Crippen LogP contribution is 2.41. The molecule has 2 atom stereocenters. The summed E-state index contributed by atoms with van der Waals surface area (Å²) < 4.78 is 29.7. The lowest BCUT2D eigenvalue weighted by Gasteiger charge is -2.34. The lowest BCUT2D eigenvalue weighted by Crippen LogP contribution is -2.52. The summed E-state index contributed by atoms with van der Waals surface area (Å²) in [5.74, 6) is 1.02. The first-order valence-electron chi connectivity index (χ1n) is 9.65. The molecule has 0 radical (unpaired) electrons. The third-order valence-electron chi connectivity index (χ3n) is 5.01. The average molecular weight is 414 g/mol. The van der Waals surface area contributed by atoms with Gasteiger partial charge in [0.05, 0.1) is 0 Å². The molecule has 1 aliphatic heterocycles. The van der Waals surface area contributed by atoms with Crippen LogP contribution in [0.15, 0.2) is 30.3 Å². The van der Waals surface area contributed by atoms with E-state index in [0.29, 0.717) is 24.9 Å². The van der Waals surface area contributed by atoms with E-state index in [9.17, 15) is 8.42 Å². The molecule has 1 saturated heterocycles. The van der Waals surface area contributed by atoms with Crippen LogP contribution in [0.1, 0.15) is 38.2 Å². The largest absolute Gasteiger partial charge is 0.503 e. The van der Waals surface area contributed by atoms with Crippen molar-refractivity contribution in [3.8, 4) is 0 Å². The molecule has 2 fully saturated rings. The van der Waals surface area contributed by atoms with Crippen molar-refractivity contribution in [2.45, 2.75) is 38.6 Å². The Balaban J connectivity index is 0.000000640. The second-order valence-corrected chi connectivity index (χ2v) is 9.39. The molecule has 1 aliphatic carbocycles. The van der Waals surface area contributed by atoms with E-state index < -0.39 is 16.4 Å². The highest BCUT2D eigenvalue weighted by atomic mass is 32.2. The fourth-order valence-corrected chi connectivity index (χ4v) is 4.73. The Hall–Kier alpha value is -1.68. The maximum atomic E-state index is 12.6. The summed E-state index contributed by atoms with van der Waals surface area (Å²) in [6, 6.07) is 10.2. The number of nitrogens with zero attached hydrogens (tertiary/aromatic N) is 2. The number of carboxylic acid groups (broad SMARTS) is 2. The maximum Gasteiger partial charge on any atom is 0.503 e. The number of hydrogen-bond acceptors (Lipinski definition) is 4. The van der Waals surface area contributed by atoms with Crippen LogP contribution in [0.4, 0.5) is 4.79 Å². The van der Waals surface area contributed by atoms with E-state index in [2.05, 4.69) is 35.6 Å². The SMILES string of the molecule is CC(C)CCN1CCN(S(=O)(=O)N[C@H]2C[C@@H]2c2ccccc2)CC1.O=C(O)O. The summed E-state index contributed by atoms with van der Waals surface area (Å²) >= 11 is 0. The summed E-state index contributed by atoms with van der Waals surface area (Å²) in [6.45, 7) is 8.37. The molecule has 158 valence electrons. The Bertz CT molecular complexity index is 714. The number of carbonyl (C=O) groups is 1. The summed E-state index contributed by atoms with van der Waals surface area (Å²) in [5.41, 5.74) is 1.23. The van der Waals surface area contributed by atoms with Gasteiger partial charge in [0.15, 0.2) is 0 Å². The first-order valence-corrected chi connectivity index (χ1v) is 11.1. The van der Waals surface area contributed by atoms with Crippen LogP contribution in [-0.2, 0) is 10.2 Å². The highest BCUT2D eigenvalue weighted by Gasteiger charge is 2.42. The molecule has 28 heavy (non-hydrogen) atoms. The van der Waals surface area contributed by atoms with Crippen molar-refractivity contribution in [2.75, 3.05) is 32.7 Å². The van der Waals surface area contributed by atoms with Gasteiger partial charge in [0.2, 0.25) is 0 Å². The van der Waals surface area contributed by atoms with Gasteiger partial charge in [-0.1, -0.05) is 44.2 Å². The van der Waals surface area contributed by atoms with Gasteiger partial charge in [-0.3, -0.25) is 0 Å². The summed E-state index contributed by atoms with van der Waals surface area (Å²) in [5, 5.41) is 13.9. The molecule has 1 heterocycles. The lowest BCUT2D eigenvalue weighted by molar-refractivity contribution is 0.137. The number of piperazine rings is 1. The van der Waals surface area contributed by atoms with Crippen molar-refractivity contribution in [1.29, 1.82) is 0 Å². The van der Waals surface area contributed by atoms with Crippen LogP contribution in [-0.4, -0.2) is 72.8 Å². The van der Waals surface area contributed by atoms with Gasteiger partial charge in [0, 0.05) is 38.1 Å². The zero-order valence-corrected chi connectivity index (χ0v) is 17.3. The number of rotatable bonds is 7. The van der Waals surface area contributed by atoms with Crippen LogP contribution in [0, 0.1) is 5.92 Å². The minimum atomic E-state index is -3.36. The van der Waals surface area contributed by atoms with E-state index in [-0.39, 0.29) is 6.04 Å². The topological polar surface area (TPSA) is 110 Å². The molecule has 0 spiro atoms. The second kappa shape index (κ2) is 10.2. The van der Waals surface area contributed by atoms with Crippen molar-refractivity contribution in [3.05, 3.63) is 35.9 Å². The Morgan fingerprint density at radius 3 is 2.25 bits per heavy atom. The fourth-order valence-electron chi connectivity index (χ4n) is 3.29. The lowest BCUT2D eigenvalue weighted by atomic mass is 10.1. The molecule has 2 aliphatic rings. The normalized spacial score (nSPS) is 23.1. The van der Waals surface area contributed by atoms with Crippen LogP contribution in [0.3, 0.4) is 0 Å². The predicted molar refractivity (Wildman–Crippen MR) is 108 cm³/mol. The molecule has 1 aromatic carbocycles. The van der Waals surface area contributed by atoms with Crippen molar-refractivity contribution in [2.24, 2.45) is 5.92 Å². The minimum absolute atomic E-state index is 0.0522. The first kappa shape index (κ1) is 22.6. The van der Waals surface area contributed by atoms with E-state index in [1.54, 1.807) is 4.31 Å². The molecule has 3 N–H and O–H groups in total. The first-order chi connectivity index (χ1) is 13.2. The summed E-state index contributed by atoms with van der Waals surface area (Å²) in [4.78, 5) is 10.9. The van der Waals surface area contributed by atoms with Gasteiger partial charge in [0.1, 0.15) is 0 Å². The van der Waals surface area contributed by atoms with Crippen molar-refractivity contribution < 1.29 is 23.4 Å². The molecule has 0 amide bonds. The van der Waals surface area contributed by atoms with E-state index in [1.807, 2.05) is 18.2 Å². The summed E-state index contributed by atoms with van der Waals surface area (Å²) in [6.07, 6.45) is 0.240. The summed E-state index contributed by atoms with van der Waals surface area (Å²) in [7, 11) is -3.36.